The molecule has 0 amide bonds. The summed E-state index contributed by atoms with van der Waals surface area (Å²) >= 11 is 0.972. The summed E-state index contributed by atoms with van der Waals surface area (Å²) in [4.78, 5) is 7.62. The first-order chi connectivity index (χ1) is 12.5. The van der Waals surface area contributed by atoms with Crippen LogP contribution in [0.5, 0.6) is 0 Å². The molecular weight excluding hydrogens is 369 g/mol. The molecule has 0 bridgehead atoms. The fourth-order valence-electron chi connectivity index (χ4n) is 2.45. The number of aromatic nitrogens is 1. The lowest BCUT2D eigenvalue weighted by atomic mass is 10.0. The van der Waals surface area contributed by atoms with E-state index >= 15 is 0 Å². The minimum absolute atomic E-state index is 0.195. The second-order valence-corrected chi connectivity index (χ2v) is 6.90. The van der Waals surface area contributed by atoms with Crippen molar-refractivity contribution in [2.24, 2.45) is 10.9 Å². The highest BCUT2D eigenvalue weighted by Gasteiger charge is 2.33. The third-order valence-corrected chi connectivity index (χ3v) is 4.77. The van der Waals surface area contributed by atoms with E-state index < -0.39 is 11.9 Å². The number of hydrogen-bond acceptors (Lipinski definition) is 5. The van der Waals surface area contributed by atoms with Gasteiger partial charge in [0.15, 0.2) is 11.7 Å². The van der Waals surface area contributed by atoms with Crippen molar-refractivity contribution in [3.8, 4) is 0 Å². The lowest BCUT2D eigenvalue weighted by Crippen LogP contribution is -2.37. The molecule has 2 N–H and O–H groups in total. The number of alkyl halides is 3. The van der Waals surface area contributed by atoms with Crippen molar-refractivity contribution in [1.29, 1.82) is 0 Å². The van der Waals surface area contributed by atoms with Gasteiger partial charge in [-0.1, -0.05) is 0 Å². The Balaban J connectivity index is 1.57. The van der Waals surface area contributed by atoms with Gasteiger partial charge in [-0.2, -0.15) is 13.2 Å². The van der Waals surface area contributed by atoms with E-state index in [-0.39, 0.29) is 6.54 Å². The number of guanidine groups is 1. The first-order valence-electron chi connectivity index (χ1n) is 8.60. The molecule has 1 aliphatic heterocycles. The molecule has 10 heteroatoms. The first kappa shape index (κ1) is 20.9. The SMILES string of the molecule is CN=C(NCCCOCC1CCOCC1)NCc1nc(C(F)(F)F)cs1. The fourth-order valence-corrected chi connectivity index (χ4v) is 3.19. The lowest BCUT2D eigenvalue weighted by molar-refractivity contribution is -0.140. The summed E-state index contributed by atoms with van der Waals surface area (Å²) in [7, 11) is 1.61. The van der Waals surface area contributed by atoms with Gasteiger partial charge < -0.3 is 20.1 Å². The number of aliphatic imine (C=N–C) groups is 1. The van der Waals surface area contributed by atoms with Gasteiger partial charge in [0.05, 0.1) is 6.54 Å². The molecule has 0 atom stereocenters. The predicted octanol–water partition coefficient (Wildman–Crippen LogP) is 2.66. The van der Waals surface area contributed by atoms with E-state index in [4.69, 9.17) is 9.47 Å². The van der Waals surface area contributed by atoms with Crippen LogP contribution in [0.3, 0.4) is 0 Å². The molecular formula is C16H25F3N4O2S. The van der Waals surface area contributed by atoms with Crippen LogP contribution in [0.1, 0.15) is 30.0 Å². The largest absolute Gasteiger partial charge is 0.434 e. The standard InChI is InChI=1S/C16H25F3N4O2S/c1-20-15(22-9-14-23-13(11-26-14)16(17,18)19)21-5-2-6-25-10-12-3-7-24-8-4-12/h11-12H,2-10H2,1H3,(H2,20,21,22). The monoisotopic (exact) mass is 394 g/mol. The lowest BCUT2D eigenvalue weighted by Gasteiger charge is -2.21. The van der Waals surface area contributed by atoms with E-state index in [1.165, 1.54) is 0 Å². The average Bonchev–Trinajstić information content (AvgIpc) is 3.11. The molecule has 0 spiro atoms. The summed E-state index contributed by atoms with van der Waals surface area (Å²) in [5, 5.41) is 7.44. The summed E-state index contributed by atoms with van der Waals surface area (Å²) in [5.74, 6) is 1.12. The minimum Gasteiger partial charge on any atom is -0.381 e. The number of thiazole rings is 1. The Labute approximate surface area is 155 Å². The molecule has 0 aliphatic carbocycles. The number of nitrogens with one attached hydrogen (secondary N) is 2. The van der Waals surface area contributed by atoms with Gasteiger partial charge in [-0.05, 0) is 25.2 Å². The number of nitrogens with zero attached hydrogens (tertiary/aromatic N) is 2. The van der Waals surface area contributed by atoms with E-state index in [0.29, 0.717) is 30.0 Å². The zero-order valence-electron chi connectivity index (χ0n) is 14.8. The van der Waals surface area contributed by atoms with E-state index in [0.717, 1.165) is 55.8 Å². The van der Waals surface area contributed by atoms with Crippen LogP contribution in [-0.2, 0) is 22.2 Å². The van der Waals surface area contributed by atoms with Crippen LogP contribution >= 0.6 is 11.3 Å². The zero-order chi connectivity index (χ0) is 18.8. The van der Waals surface area contributed by atoms with Crippen molar-refractivity contribution in [3.63, 3.8) is 0 Å². The van der Waals surface area contributed by atoms with E-state index in [2.05, 4.69) is 20.6 Å². The number of ether oxygens (including phenoxy) is 2. The smallest absolute Gasteiger partial charge is 0.381 e. The molecule has 0 radical (unpaired) electrons. The van der Waals surface area contributed by atoms with Gasteiger partial charge in [0.1, 0.15) is 5.01 Å². The minimum atomic E-state index is -4.40. The Morgan fingerprint density at radius 3 is 2.81 bits per heavy atom. The third kappa shape index (κ3) is 7.46. The van der Waals surface area contributed by atoms with Crippen LogP contribution in [-0.4, -0.2) is 51.0 Å². The Hall–Kier alpha value is -1.39. The Bertz CT molecular complexity index is 560. The second-order valence-electron chi connectivity index (χ2n) is 5.96. The van der Waals surface area contributed by atoms with E-state index in [1.807, 2.05) is 0 Å². The molecule has 1 fully saturated rings. The summed E-state index contributed by atoms with van der Waals surface area (Å²) in [6.45, 7) is 3.92. The van der Waals surface area contributed by atoms with Crippen LogP contribution in [0.25, 0.3) is 0 Å². The first-order valence-corrected chi connectivity index (χ1v) is 9.48. The highest BCUT2D eigenvalue weighted by atomic mass is 32.1. The molecule has 148 valence electrons. The molecule has 2 rings (SSSR count). The highest BCUT2D eigenvalue weighted by molar-refractivity contribution is 7.09. The maximum atomic E-state index is 12.5. The normalized spacial score (nSPS) is 16.7. The van der Waals surface area contributed by atoms with Crippen LogP contribution in [0.4, 0.5) is 13.2 Å². The van der Waals surface area contributed by atoms with Gasteiger partial charge in [-0.25, -0.2) is 4.98 Å². The summed E-state index contributed by atoms with van der Waals surface area (Å²) in [6.07, 6.45) is -1.47. The van der Waals surface area contributed by atoms with E-state index in [9.17, 15) is 13.2 Å². The number of rotatable bonds is 8. The van der Waals surface area contributed by atoms with Gasteiger partial charge in [0, 0.05) is 45.4 Å². The molecule has 2 heterocycles. The topological polar surface area (TPSA) is 67.8 Å². The second kappa shape index (κ2) is 10.7. The maximum Gasteiger partial charge on any atom is 0.434 e. The van der Waals surface area contributed by atoms with Crippen molar-refractivity contribution in [2.45, 2.75) is 32.0 Å². The van der Waals surface area contributed by atoms with Crippen molar-refractivity contribution in [3.05, 3.63) is 16.1 Å². The average molecular weight is 394 g/mol. The van der Waals surface area contributed by atoms with Gasteiger partial charge >= 0.3 is 6.18 Å². The highest BCUT2D eigenvalue weighted by Crippen LogP contribution is 2.29. The summed E-state index contributed by atoms with van der Waals surface area (Å²) in [6, 6.07) is 0. The van der Waals surface area contributed by atoms with Crippen molar-refractivity contribution < 1.29 is 22.6 Å². The van der Waals surface area contributed by atoms with Crippen molar-refractivity contribution in [2.75, 3.05) is 40.0 Å². The predicted molar refractivity (Wildman–Crippen MR) is 94.3 cm³/mol. The summed E-state index contributed by atoms with van der Waals surface area (Å²) < 4.78 is 48.6. The van der Waals surface area contributed by atoms with Gasteiger partial charge in [0.2, 0.25) is 0 Å². The zero-order valence-corrected chi connectivity index (χ0v) is 15.6. The molecule has 26 heavy (non-hydrogen) atoms. The molecule has 0 saturated carbocycles. The van der Waals surface area contributed by atoms with Crippen LogP contribution in [0, 0.1) is 5.92 Å². The maximum absolute atomic E-state index is 12.5. The van der Waals surface area contributed by atoms with Crippen LogP contribution in [0.15, 0.2) is 10.4 Å². The molecule has 1 aliphatic rings. The summed E-state index contributed by atoms with van der Waals surface area (Å²) in [5.41, 5.74) is -0.857. The molecule has 0 aromatic carbocycles. The van der Waals surface area contributed by atoms with Gasteiger partial charge in [0.25, 0.3) is 0 Å². The molecule has 6 nitrogen and oxygen atoms in total. The van der Waals surface area contributed by atoms with Crippen LogP contribution < -0.4 is 10.6 Å². The van der Waals surface area contributed by atoms with Gasteiger partial charge in [-0.15, -0.1) is 11.3 Å². The fraction of sp³-hybridized carbons (Fsp3) is 0.750. The van der Waals surface area contributed by atoms with Crippen LogP contribution in [0.2, 0.25) is 0 Å². The number of halogens is 3. The molecule has 1 aromatic rings. The third-order valence-electron chi connectivity index (χ3n) is 3.93. The molecule has 1 aromatic heterocycles. The number of hydrogen-bond donors (Lipinski definition) is 2. The Morgan fingerprint density at radius 2 is 2.15 bits per heavy atom. The van der Waals surface area contributed by atoms with Gasteiger partial charge in [-0.3, -0.25) is 4.99 Å². The van der Waals surface area contributed by atoms with E-state index in [1.54, 1.807) is 7.05 Å². The van der Waals surface area contributed by atoms with Crippen molar-refractivity contribution in [1.82, 2.24) is 15.6 Å². The Kier molecular flexibility index (Phi) is 8.60. The van der Waals surface area contributed by atoms with Crippen molar-refractivity contribution >= 4 is 17.3 Å². The molecule has 0 unspecified atom stereocenters. The Morgan fingerprint density at radius 1 is 1.38 bits per heavy atom. The quantitative estimate of drug-likeness (QED) is 0.403. The molecule has 1 saturated heterocycles.